The van der Waals surface area contributed by atoms with Crippen LogP contribution in [0.2, 0.25) is 5.02 Å². The van der Waals surface area contributed by atoms with Crippen LogP contribution < -0.4 is 5.32 Å². The molecule has 1 aromatic heterocycles. The topological polar surface area (TPSA) is 42.0 Å². The van der Waals surface area contributed by atoms with Gasteiger partial charge in [0.05, 0.1) is 11.3 Å². The Labute approximate surface area is 140 Å². The van der Waals surface area contributed by atoms with Crippen molar-refractivity contribution in [3.05, 3.63) is 43.4 Å². The number of benzene rings is 1. The van der Waals surface area contributed by atoms with Crippen molar-refractivity contribution in [1.82, 2.24) is 4.98 Å². The third-order valence-corrected chi connectivity index (χ3v) is 4.55. The predicted octanol–water partition coefficient (Wildman–Crippen LogP) is 4.95. The minimum atomic E-state index is -0.166. The van der Waals surface area contributed by atoms with Crippen molar-refractivity contribution in [3.8, 4) is 0 Å². The minimum absolute atomic E-state index is 0.0197. The van der Waals surface area contributed by atoms with Gasteiger partial charge in [0.1, 0.15) is 0 Å². The predicted molar refractivity (Wildman–Crippen MR) is 92.9 cm³/mol. The number of rotatable bonds is 2. The zero-order valence-corrected chi connectivity index (χ0v) is 15.1. The lowest BCUT2D eigenvalue weighted by Crippen LogP contribution is -2.15. The quantitative estimate of drug-likeness (QED) is 0.698. The van der Waals surface area contributed by atoms with Crippen molar-refractivity contribution in [3.63, 3.8) is 0 Å². The standard InChI is InChI=1S/C14H14ClIN2OS/c1-14(2,3)11-7-20-13(17-11)18-12(19)9-5-4-8(15)6-10(9)16/h4-7H,1-3H3,(H,17,18,19). The highest BCUT2D eigenvalue weighted by molar-refractivity contribution is 14.1. The first-order chi connectivity index (χ1) is 9.27. The molecule has 0 saturated carbocycles. The van der Waals surface area contributed by atoms with E-state index in [0.717, 1.165) is 9.26 Å². The van der Waals surface area contributed by atoms with Crippen molar-refractivity contribution < 1.29 is 4.79 Å². The van der Waals surface area contributed by atoms with E-state index in [1.807, 2.05) is 5.38 Å². The highest BCUT2D eigenvalue weighted by Crippen LogP contribution is 2.27. The molecule has 0 aliphatic carbocycles. The van der Waals surface area contributed by atoms with Crippen LogP contribution in [0.3, 0.4) is 0 Å². The number of amides is 1. The Morgan fingerprint density at radius 1 is 1.40 bits per heavy atom. The molecule has 0 fully saturated rings. The molecule has 1 N–H and O–H groups in total. The fourth-order valence-electron chi connectivity index (χ4n) is 1.51. The van der Waals surface area contributed by atoms with Crippen LogP contribution in [0.1, 0.15) is 36.8 Å². The van der Waals surface area contributed by atoms with Crippen LogP contribution in [-0.2, 0) is 5.41 Å². The maximum Gasteiger partial charge on any atom is 0.258 e. The monoisotopic (exact) mass is 420 g/mol. The first kappa shape index (κ1) is 15.7. The Morgan fingerprint density at radius 3 is 2.65 bits per heavy atom. The molecule has 2 rings (SSSR count). The van der Waals surface area contributed by atoms with Crippen molar-refractivity contribution in [2.24, 2.45) is 0 Å². The fourth-order valence-corrected chi connectivity index (χ4v) is 3.56. The third-order valence-electron chi connectivity index (χ3n) is 2.67. The number of thiazole rings is 1. The second-order valence-electron chi connectivity index (χ2n) is 5.37. The van der Waals surface area contributed by atoms with Crippen LogP contribution in [0.5, 0.6) is 0 Å². The Bertz CT molecular complexity index is 649. The van der Waals surface area contributed by atoms with E-state index in [1.165, 1.54) is 11.3 Å². The van der Waals surface area contributed by atoms with Crippen molar-refractivity contribution >= 4 is 56.6 Å². The SMILES string of the molecule is CC(C)(C)c1csc(NC(=O)c2ccc(Cl)cc2I)n1. The maximum atomic E-state index is 12.2. The first-order valence-corrected chi connectivity index (χ1v) is 8.33. The lowest BCUT2D eigenvalue weighted by Gasteiger charge is -2.14. The second kappa shape index (κ2) is 5.99. The average Bonchev–Trinajstić information content (AvgIpc) is 2.76. The zero-order valence-electron chi connectivity index (χ0n) is 11.3. The summed E-state index contributed by atoms with van der Waals surface area (Å²) < 4.78 is 0.820. The van der Waals surface area contributed by atoms with Gasteiger partial charge < -0.3 is 0 Å². The van der Waals surface area contributed by atoms with E-state index in [-0.39, 0.29) is 11.3 Å². The van der Waals surface area contributed by atoms with Gasteiger partial charge >= 0.3 is 0 Å². The molecule has 0 radical (unpaired) electrons. The molecule has 0 atom stereocenters. The summed E-state index contributed by atoms with van der Waals surface area (Å²) in [7, 11) is 0. The van der Waals surface area contributed by atoms with Gasteiger partial charge in [-0.05, 0) is 40.8 Å². The van der Waals surface area contributed by atoms with Crippen molar-refractivity contribution in [2.75, 3.05) is 5.32 Å². The van der Waals surface area contributed by atoms with Crippen LogP contribution in [0.15, 0.2) is 23.6 Å². The van der Waals surface area contributed by atoms with Crippen LogP contribution in [0.4, 0.5) is 5.13 Å². The highest BCUT2D eigenvalue weighted by atomic mass is 127. The smallest absolute Gasteiger partial charge is 0.258 e. The maximum absolute atomic E-state index is 12.2. The van der Waals surface area contributed by atoms with Gasteiger partial charge in [-0.2, -0.15) is 0 Å². The number of hydrogen-bond acceptors (Lipinski definition) is 3. The summed E-state index contributed by atoms with van der Waals surface area (Å²) >= 11 is 9.43. The molecular formula is C14H14ClIN2OS. The molecular weight excluding hydrogens is 407 g/mol. The molecule has 6 heteroatoms. The van der Waals surface area contributed by atoms with Gasteiger partial charge in [0.25, 0.3) is 5.91 Å². The zero-order chi connectivity index (χ0) is 14.9. The van der Waals surface area contributed by atoms with Gasteiger partial charge in [0.15, 0.2) is 5.13 Å². The summed E-state index contributed by atoms with van der Waals surface area (Å²) in [5.74, 6) is -0.166. The summed E-state index contributed by atoms with van der Waals surface area (Å²) in [6.45, 7) is 6.28. The van der Waals surface area contributed by atoms with Gasteiger partial charge in [0.2, 0.25) is 0 Å². The molecule has 0 saturated heterocycles. The number of halogens is 2. The van der Waals surface area contributed by atoms with Gasteiger partial charge in [-0.25, -0.2) is 4.98 Å². The number of nitrogens with zero attached hydrogens (tertiary/aromatic N) is 1. The third kappa shape index (κ3) is 3.71. The van der Waals surface area contributed by atoms with E-state index in [2.05, 4.69) is 53.7 Å². The number of carbonyl (C=O) groups is 1. The van der Waals surface area contributed by atoms with Gasteiger partial charge in [0, 0.05) is 19.4 Å². The largest absolute Gasteiger partial charge is 0.298 e. The first-order valence-electron chi connectivity index (χ1n) is 6.00. The molecule has 0 unspecified atom stereocenters. The number of aromatic nitrogens is 1. The Balaban J connectivity index is 2.17. The van der Waals surface area contributed by atoms with Gasteiger partial charge in [-0.1, -0.05) is 32.4 Å². The molecule has 1 amide bonds. The van der Waals surface area contributed by atoms with Gasteiger partial charge in [-0.3, -0.25) is 10.1 Å². The summed E-state index contributed by atoms with van der Waals surface area (Å²) in [5, 5.41) is 6.04. The van der Waals surface area contributed by atoms with Crippen LogP contribution >= 0.6 is 45.5 Å². The fraction of sp³-hybridized carbons (Fsp3) is 0.286. The van der Waals surface area contributed by atoms with E-state index in [4.69, 9.17) is 11.6 Å². The molecule has 0 aliphatic rings. The molecule has 106 valence electrons. The van der Waals surface area contributed by atoms with Crippen LogP contribution in [-0.4, -0.2) is 10.9 Å². The van der Waals surface area contributed by atoms with Crippen molar-refractivity contribution in [1.29, 1.82) is 0 Å². The number of hydrogen-bond donors (Lipinski definition) is 1. The lowest BCUT2D eigenvalue weighted by atomic mass is 9.93. The molecule has 0 aliphatic heterocycles. The van der Waals surface area contributed by atoms with E-state index in [1.54, 1.807) is 18.2 Å². The Hall–Kier alpha value is -0.660. The molecule has 2 aromatic rings. The normalized spacial score (nSPS) is 11.4. The lowest BCUT2D eigenvalue weighted by molar-refractivity contribution is 0.102. The van der Waals surface area contributed by atoms with E-state index in [0.29, 0.717) is 15.7 Å². The number of anilines is 1. The summed E-state index contributed by atoms with van der Waals surface area (Å²) in [6.07, 6.45) is 0. The Kier molecular flexibility index (Phi) is 4.71. The molecule has 0 bridgehead atoms. The van der Waals surface area contributed by atoms with Crippen molar-refractivity contribution in [2.45, 2.75) is 26.2 Å². The summed E-state index contributed by atoms with van der Waals surface area (Å²) in [4.78, 5) is 16.7. The average molecular weight is 421 g/mol. The van der Waals surface area contributed by atoms with E-state index >= 15 is 0 Å². The number of nitrogens with one attached hydrogen (secondary N) is 1. The van der Waals surface area contributed by atoms with Crippen LogP contribution in [0.25, 0.3) is 0 Å². The minimum Gasteiger partial charge on any atom is -0.298 e. The Morgan fingerprint density at radius 2 is 2.10 bits per heavy atom. The highest BCUT2D eigenvalue weighted by Gasteiger charge is 2.19. The van der Waals surface area contributed by atoms with Crippen LogP contribution in [0, 0.1) is 3.57 Å². The van der Waals surface area contributed by atoms with E-state index < -0.39 is 0 Å². The van der Waals surface area contributed by atoms with E-state index in [9.17, 15) is 4.79 Å². The molecule has 1 aromatic carbocycles. The molecule has 1 heterocycles. The second-order valence-corrected chi connectivity index (χ2v) is 7.82. The molecule has 0 spiro atoms. The molecule has 20 heavy (non-hydrogen) atoms. The number of carbonyl (C=O) groups excluding carboxylic acids is 1. The molecule has 3 nitrogen and oxygen atoms in total. The van der Waals surface area contributed by atoms with Gasteiger partial charge in [-0.15, -0.1) is 11.3 Å². The summed E-state index contributed by atoms with van der Waals surface area (Å²) in [6, 6.07) is 5.19. The summed E-state index contributed by atoms with van der Waals surface area (Å²) in [5.41, 5.74) is 1.56.